The third-order valence-corrected chi connectivity index (χ3v) is 9.00. The van der Waals surface area contributed by atoms with E-state index in [0.717, 1.165) is 16.6 Å². The second-order valence-electron chi connectivity index (χ2n) is 12.1. The Balaban J connectivity index is 1.44. The molecule has 0 aliphatic rings. The minimum Gasteiger partial charge on any atom is -0.455 e. The Labute approximate surface area is 240 Å². The van der Waals surface area contributed by atoms with Gasteiger partial charge in [0.15, 0.2) is 0 Å². The standard InChI is InChI=1S/C40H32O/c1-23(2)25-13-17-29-26(21-25)14-16-28(24(3)4)38(29)27-15-18-33-36-20-19-35-32-11-6-5-9-30(32)31-10-7-8-12-34(31)39(35)40(36)41-37(33)22-27/h5-24H,1-4H3. The highest BCUT2D eigenvalue weighted by Crippen LogP contribution is 2.44. The highest BCUT2D eigenvalue weighted by atomic mass is 16.3. The maximum Gasteiger partial charge on any atom is 0.143 e. The number of hydrogen-bond donors (Lipinski definition) is 0. The summed E-state index contributed by atoms with van der Waals surface area (Å²) in [5.74, 6) is 0.914. The van der Waals surface area contributed by atoms with Crippen LogP contribution in [0.2, 0.25) is 0 Å². The topological polar surface area (TPSA) is 13.1 Å². The molecule has 1 nitrogen and oxygen atoms in total. The van der Waals surface area contributed by atoms with Crippen LogP contribution in [0.4, 0.5) is 0 Å². The van der Waals surface area contributed by atoms with E-state index in [0.29, 0.717) is 11.8 Å². The van der Waals surface area contributed by atoms with Crippen LogP contribution < -0.4 is 0 Å². The number of hydrogen-bond acceptors (Lipinski definition) is 1. The van der Waals surface area contributed by atoms with E-state index in [9.17, 15) is 0 Å². The summed E-state index contributed by atoms with van der Waals surface area (Å²) < 4.78 is 6.85. The van der Waals surface area contributed by atoms with E-state index in [1.165, 1.54) is 70.7 Å². The summed E-state index contributed by atoms with van der Waals surface area (Å²) in [7, 11) is 0. The smallest absolute Gasteiger partial charge is 0.143 e. The molecule has 0 aliphatic heterocycles. The highest BCUT2D eigenvalue weighted by molar-refractivity contribution is 6.32. The van der Waals surface area contributed by atoms with Crippen molar-refractivity contribution in [2.45, 2.75) is 39.5 Å². The molecule has 41 heavy (non-hydrogen) atoms. The Bertz CT molecular complexity index is 2280. The summed E-state index contributed by atoms with van der Waals surface area (Å²) in [5.41, 5.74) is 7.18. The van der Waals surface area contributed by atoms with Crippen molar-refractivity contribution < 1.29 is 4.42 Å². The molecule has 0 N–H and O–H groups in total. The molecule has 0 spiro atoms. The summed E-state index contributed by atoms with van der Waals surface area (Å²) in [6, 6.07) is 40.4. The third-order valence-electron chi connectivity index (χ3n) is 9.00. The molecule has 0 aliphatic carbocycles. The van der Waals surface area contributed by atoms with Crippen LogP contribution in [0.25, 0.3) is 76.2 Å². The number of benzene rings is 7. The lowest BCUT2D eigenvalue weighted by Gasteiger charge is -2.17. The molecule has 8 aromatic rings. The van der Waals surface area contributed by atoms with Crippen LogP contribution in [0.3, 0.4) is 0 Å². The first-order valence-corrected chi connectivity index (χ1v) is 14.7. The van der Waals surface area contributed by atoms with Gasteiger partial charge in [-0.25, -0.2) is 0 Å². The molecule has 1 aromatic heterocycles. The van der Waals surface area contributed by atoms with Gasteiger partial charge in [0.25, 0.3) is 0 Å². The van der Waals surface area contributed by atoms with E-state index in [2.05, 4.69) is 137 Å². The van der Waals surface area contributed by atoms with Gasteiger partial charge in [-0.15, -0.1) is 0 Å². The Morgan fingerprint density at radius 3 is 1.80 bits per heavy atom. The average Bonchev–Trinajstić information content (AvgIpc) is 3.38. The Morgan fingerprint density at radius 2 is 1.10 bits per heavy atom. The Morgan fingerprint density at radius 1 is 0.488 bits per heavy atom. The zero-order chi connectivity index (χ0) is 27.8. The lowest BCUT2D eigenvalue weighted by atomic mass is 9.86. The van der Waals surface area contributed by atoms with Gasteiger partial charge in [-0.05, 0) is 90.0 Å². The summed E-state index contributed by atoms with van der Waals surface area (Å²) in [4.78, 5) is 0. The second-order valence-corrected chi connectivity index (χ2v) is 12.1. The van der Waals surface area contributed by atoms with Gasteiger partial charge >= 0.3 is 0 Å². The molecular weight excluding hydrogens is 496 g/mol. The Hall–Kier alpha value is -4.62. The van der Waals surface area contributed by atoms with Gasteiger partial charge in [0.05, 0.1) is 0 Å². The summed E-state index contributed by atoms with van der Waals surface area (Å²) >= 11 is 0. The lowest BCUT2D eigenvalue weighted by molar-refractivity contribution is 0.673. The van der Waals surface area contributed by atoms with Gasteiger partial charge in [0.2, 0.25) is 0 Å². The van der Waals surface area contributed by atoms with Crippen molar-refractivity contribution >= 4 is 65.0 Å². The van der Waals surface area contributed by atoms with Gasteiger partial charge < -0.3 is 4.42 Å². The minimum absolute atomic E-state index is 0.411. The fourth-order valence-electron chi connectivity index (χ4n) is 6.90. The molecule has 7 aromatic carbocycles. The minimum atomic E-state index is 0.411. The fourth-order valence-corrected chi connectivity index (χ4v) is 6.90. The van der Waals surface area contributed by atoms with Crippen LogP contribution in [0.1, 0.15) is 50.7 Å². The van der Waals surface area contributed by atoms with Crippen molar-refractivity contribution in [2.75, 3.05) is 0 Å². The molecule has 0 unspecified atom stereocenters. The molecule has 0 saturated carbocycles. The Kier molecular flexibility index (Phi) is 5.28. The lowest BCUT2D eigenvalue weighted by Crippen LogP contribution is -1.95. The van der Waals surface area contributed by atoms with Crippen molar-refractivity contribution in [3.05, 3.63) is 120 Å². The van der Waals surface area contributed by atoms with Crippen molar-refractivity contribution in [1.29, 1.82) is 0 Å². The van der Waals surface area contributed by atoms with Crippen LogP contribution >= 0.6 is 0 Å². The number of furan rings is 1. The largest absolute Gasteiger partial charge is 0.455 e. The summed E-state index contributed by atoms with van der Waals surface area (Å²) in [6.07, 6.45) is 0. The first-order chi connectivity index (χ1) is 20.0. The molecule has 1 heterocycles. The van der Waals surface area contributed by atoms with E-state index in [1.54, 1.807) is 0 Å². The average molecular weight is 529 g/mol. The molecule has 0 radical (unpaired) electrons. The van der Waals surface area contributed by atoms with Crippen LogP contribution in [0.5, 0.6) is 0 Å². The zero-order valence-electron chi connectivity index (χ0n) is 24.0. The van der Waals surface area contributed by atoms with E-state index >= 15 is 0 Å². The quantitative estimate of drug-likeness (QED) is 0.208. The molecule has 0 fully saturated rings. The van der Waals surface area contributed by atoms with Crippen molar-refractivity contribution in [1.82, 2.24) is 0 Å². The zero-order valence-corrected chi connectivity index (χ0v) is 24.0. The van der Waals surface area contributed by atoms with E-state index in [-0.39, 0.29) is 0 Å². The number of fused-ring (bicyclic) bond motifs is 11. The van der Waals surface area contributed by atoms with Crippen LogP contribution in [-0.2, 0) is 0 Å². The van der Waals surface area contributed by atoms with Crippen LogP contribution in [-0.4, -0.2) is 0 Å². The van der Waals surface area contributed by atoms with Gasteiger partial charge in [-0.1, -0.05) is 119 Å². The van der Waals surface area contributed by atoms with Gasteiger partial charge in [-0.3, -0.25) is 0 Å². The molecule has 8 rings (SSSR count). The van der Waals surface area contributed by atoms with E-state index in [4.69, 9.17) is 4.42 Å². The SMILES string of the molecule is CC(C)c1ccc2c(-c3ccc4c(c3)oc3c4ccc4c5ccccc5c5ccccc5c43)c(C(C)C)ccc2c1. The van der Waals surface area contributed by atoms with Crippen molar-refractivity contribution in [3.8, 4) is 11.1 Å². The first kappa shape index (κ1) is 24.2. The van der Waals surface area contributed by atoms with E-state index in [1.807, 2.05) is 0 Å². The monoisotopic (exact) mass is 528 g/mol. The fraction of sp³-hybridized carbons (Fsp3) is 0.150. The van der Waals surface area contributed by atoms with Crippen LogP contribution in [0, 0.1) is 0 Å². The maximum absolute atomic E-state index is 6.85. The normalized spacial score (nSPS) is 12.3. The summed E-state index contributed by atoms with van der Waals surface area (Å²) in [6.45, 7) is 9.09. The highest BCUT2D eigenvalue weighted by Gasteiger charge is 2.18. The summed E-state index contributed by atoms with van der Waals surface area (Å²) in [5, 5.41) is 12.4. The van der Waals surface area contributed by atoms with Crippen LogP contribution in [0.15, 0.2) is 114 Å². The van der Waals surface area contributed by atoms with Crippen molar-refractivity contribution in [2.24, 2.45) is 0 Å². The molecule has 0 amide bonds. The predicted octanol–water partition coefficient (Wildman–Crippen LogP) is 12.1. The molecule has 0 saturated heterocycles. The third kappa shape index (κ3) is 3.55. The van der Waals surface area contributed by atoms with Crippen molar-refractivity contribution in [3.63, 3.8) is 0 Å². The molecule has 0 atom stereocenters. The van der Waals surface area contributed by atoms with Gasteiger partial charge in [0, 0.05) is 16.2 Å². The number of rotatable bonds is 3. The predicted molar refractivity (Wildman–Crippen MR) is 177 cm³/mol. The molecule has 198 valence electrons. The molecular formula is C40H32O. The van der Waals surface area contributed by atoms with Gasteiger partial charge in [-0.2, -0.15) is 0 Å². The van der Waals surface area contributed by atoms with Gasteiger partial charge in [0.1, 0.15) is 11.2 Å². The first-order valence-electron chi connectivity index (χ1n) is 14.7. The molecule has 1 heteroatoms. The maximum atomic E-state index is 6.85. The van der Waals surface area contributed by atoms with E-state index < -0.39 is 0 Å². The molecule has 0 bridgehead atoms. The second kappa shape index (κ2) is 8.94.